The van der Waals surface area contributed by atoms with Gasteiger partial charge in [-0.2, -0.15) is 5.10 Å². The predicted octanol–water partition coefficient (Wildman–Crippen LogP) is 0.103. The minimum Gasteiger partial charge on any atom is -0.481 e. The smallest absolute Gasteiger partial charge is 0.303 e. The van der Waals surface area contributed by atoms with Crippen molar-refractivity contribution in [2.45, 2.75) is 32.2 Å². The summed E-state index contributed by atoms with van der Waals surface area (Å²) in [5.41, 5.74) is 6.44. The van der Waals surface area contributed by atoms with Gasteiger partial charge in [0.25, 0.3) is 0 Å². The van der Waals surface area contributed by atoms with E-state index in [4.69, 9.17) is 10.8 Å². The van der Waals surface area contributed by atoms with E-state index in [2.05, 4.69) is 15.5 Å². The van der Waals surface area contributed by atoms with Crippen LogP contribution in [0.4, 0.5) is 5.82 Å². The molecule has 0 radical (unpaired) electrons. The molecule has 0 aliphatic rings. The Morgan fingerprint density at radius 3 is 2.88 bits per heavy atom. The van der Waals surface area contributed by atoms with Crippen LogP contribution in [0.1, 0.15) is 25.5 Å². The molecule has 17 heavy (non-hydrogen) atoms. The summed E-state index contributed by atoms with van der Waals surface area (Å²) >= 11 is 0. The van der Waals surface area contributed by atoms with Crippen molar-refractivity contribution < 1.29 is 14.7 Å². The van der Waals surface area contributed by atoms with Crippen LogP contribution in [-0.2, 0) is 16.0 Å². The van der Waals surface area contributed by atoms with Gasteiger partial charge in [-0.1, -0.05) is 6.92 Å². The van der Waals surface area contributed by atoms with Crippen LogP contribution in [0.15, 0.2) is 6.07 Å². The number of nitrogens with zero attached hydrogens (tertiary/aromatic N) is 1. The first-order valence-corrected chi connectivity index (χ1v) is 5.35. The molecule has 0 aliphatic carbocycles. The molecule has 1 amide bonds. The van der Waals surface area contributed by atoms with E-state index in [0.29, 0.717) is 5.82 Å². The fraction of sp³-hybridized carbons (Fsp3) is 0.500. The molecule has 0 fully saturated rings. The fourth-order valence-electron chi connectivity index (χ4n) is 1.24. The zero-order valence-corrected chi connectivity index (χ0v) is 9.56. The number of H-pyrrole nitrogens is 1. The second-order valence-corrected chi connectivity index (χ2v) is 3.66. The number of carboxylic acid groups (broad SMARTS) is 1. The number of rotatable bonds is 6. The molecule has 1 rings (SSSR count). The van der Waals surface area contributed by atoms with Crippen molar-refractivity contribution in [3.05, 3.63) is 11.8 Å². The Hall–Kier alpha value is -1.89. The Labute approximate surface area is 98.4 Å². The van der Waals surface area contributed by atoms with Gasteiger partial charge in [0.2, 0.25) is 5.91 Å². The summed E-state index contributed by atoms with van der Waals surface area (Å²) in [6.45, 7) is 1.96. The molecule has 0 saturated heterocycles. The largest absolute Gasteiger partial charge is 0.481 e. The Morgan fingerprint density at radius 2 is 2.35 bits per heavy atom. The van der Waals surface area contributed by atoms with Gasteiger partial charge in [-0.05, 0) is 12.8 Å². The van der Waals surface area contributed by atoms with Crippen LogP contribution < -0.4 is 11.1 Å². The molecule has 5 N–H and O–H groups in total. The predicted molar refractivity (Wildman–Crippen MR) is 61.4 cm³/mol. The van der Waals surface area contributed by atoms with E-state index in [1.165, 1.54) is 0 Å². The van der Waals surface area contributed by atoms with Gasteiger partial charge in [-0.15, -0.1) is 0 Å². The lowest BCUT2D eigenvalue weighted by Gasteiger charge is -2.08. The topological polar surface area (TPSA) is 121 Å². The van der Waals surface area contributed by atoms with Crippen LogP contribution in [0.2, 0.25) is 0 Å². The van der Waals surface area contributed by atoms with Crippen LogP contribution in [0.3, 0.4) is 0 Å². The van der Waals surface area contributed by atoms with Gasteiger partial charge in [-0.3, -0.25) is 14.7 Å². The van der Waals surface area contributed by atoms with E-state index >= 15 is 0 Å². The molecule has 0 bridgehead atoms. The van der Waals surface area contributed by atoms with Crippen molar-refractivity contribution in [1.82, 2.24) is 10.2 Å². The van der Waals surface area contributed by atoms with Crippen LogP contribution in [-0.4, -0.2) is 33.2 Å². The second kappa shape index (κ2) is 6.00. The molecular formula is C10H16N4O3. The maximum absolute atomic E-state index is 11.5. The third-order valence-electron chi connectivity index (χ3n) is 2.27. The SMILES string of the molecule is CCc1cc(NC(=O)C(N)CCC(=O)O)n[nH]1. The first-order chi connectivity index (χ1) is 8.02. The molecule has 0 spiro atoms. The van der Waals surface area contributed by atoms with Gasteiger partial charge < -0.3 is 16.2 Å². The van der Waals surface area contributed by atoms with Crippen LogP contribution in [0.25, 0.3) is 0 Å². The van der Waals surface area contributed by atoms with Crippen molar-refractivity contribution in [2.75, 3.05) is 5.32 Å². The third kappa shape index (κ3) is 4.23. The van der Waals surface area contributed by atoms with Gasteiger partial charge >= 0.3 is 5.97 Å². The molecular weight excluding hydrogens is 224 g/mol. The molecule has 1 aromatic heterocycles. The lowest BCUT2D eigenvalue weighted by Crippen LogP contribution is -2.36. The van der Waals surface area contributed by atoms with Crippen molar-refractivity contribution in [1.29, 1.82) is 0 Å². The summed E-state index contributed by atoms with van der Waals surface area (Å²) in [6.07, 6.45) is 0.759. The highest BCUT2D eigenvalue weighted by molar-refractivity contribution is 5.94. The number of carbonyl (C=O) groups excluding carboxylic acids is 1. The lowest BCUT2D eigenvalue weighted by molar-refractivity contribution is -0.137. The summed E-state index contributed by atoms with van der Waals surface area (Å²) < 4.78 is 0. The van der Waals surface area contributed by atoms with E-state index in [1.54, 1.807) is 6.07 Å². The van der Waals surface area contributed by atoms with E-state index in [-0.39, 0.29) is 12.8 Å². The zero-order chi connectivity index (χ0) is 12.8. The average Bonchev–Trinajstić information content (AvgIpc) is 2.73. The number of hydrogen-bond acceptors (Lipinski definition) is 4. The molecule has 1 aromatic rings. The van der Waals surface area contributed by atoms with Crippen molar-refractivity contribution in [3.63, 3.8) is 0 Å². The number of carbonyl (C=O) groups is 2. The maximum Gasteiger partial charge on any atom is 0.303 e. The molecule has 1 atom stereocenters. The number of aryl methyl sites for hydroxylation is 1. The van der Waals surface area contributed by atoms with Crippen LogP contribution in [0, 0.1) is 0 Å². The molecule has 7 nitrogen and oxygen atoms in total. The number of nitrogens with one attached hydrogen (secondary N) is 2. The van der Waals surface area contributed by atoms with E-state index < -0.39 is 17.9 Å². The van der Waals surface area contributed by atoms with Gasteiger partial charge in [-0.25, -0.2) is 0 Å². The van der Waals surface area contributed by atoms with E-state index in [9.17, 15) is 9.59 Å². The number of aliphatic carboxylic acids is 1. The number of amides is 1. The quantitative estimate of drug-likeness (QED) is 0.562. The fourth-order valence-corrected chi connectivity index (χ4v) is 1.24. The average molecular weight is 240 g/mol. The molecule has 1 unspecified atom stereocenters. The number of hydrogen-bond donors (Lipinski definition) is 4. The molecule has 0 aliphatic heterocycles. The first kappa shape index (κ1) is 13.2. The molecule has 0 aromatic carbocycles. The number of nitrogens with two attached hydrogens (primary N) is 1. The lowest BCUT2D eigenvalue weighted by atomic mass is 10.1. The van der Waals surface area contributed by atoms with Crippen molar-refractivity contribution >= 4 is 17.7 Å². The summed E-state index contributed by atoms with van der Waals surface area (Å²) in [6, 6.07) is 0.870. The Morgan fingerprint density at radius 1 is 1.65 bits per heavy atom. The minimum absolute atomic E-state index is 0.103. The van der Waals surface area contributed by atoms with Crippen molar-refractivity contribution in [2.24, 2.45) is 5.73 Å². The van der Waals surface area contributed by atoms with Crippen molar-refractivity contribution in [3.8, 4) is 0 Å². The maximum atomic E-state index is 11.5. The Kier molecular flexibility index (Phi) is 4.65. The molecule has 94 valence electrons. The minimum atomic E-state index is -0.971. The molecule has 1 heterocycles. The second-order valence-electron chi connectivity index (χ2n) is 3.66. The van der Waals surface area contributed by atoms with Gasteiger partial charge in [0.15, 0.2) is 5.82 Å². The highest BCUT2D eigenvalue weighted by Gasteiger charge is 2.15. The number of aromatic amines is 1. The molecule has 7 heteroatoms. The number of carboxylic acids is 1. The monoisotopic (exact) mass is 240 g/mol. The third-order valence-corrected chi connectivity index (χ3v) is 2.27. The highest BCUT2D eigenvalue weighted by atomic mass is 16.4. The standard InChI is InChI=1S/C10H16N4O3/c1-2-6-5-8(14-13-6)12-10(17)7(11)3-4-9(15)16/h5,7H,2-4,11H2,1H3,(H,15,16)(H2,12,13,14,17). The highest BCUT2D eigenvalue weighted by Crippen LogP contribution is 2.06. The first-order valence-electron chi connectivity index (χ1n) is 5.35. The van der Waals surface area contributed by atoms with E-state index in [0.717, 1.165) is 12.1 Å². The molecule has 0 saturated carbocycles. The van der Waals surface area contributed by atoms with Gasteiger partial charge in [0.05, 0.1) is 6.04 Å². The summed E-state index contributed by atoms with van der Waals surface area (Å²) in [5.74, 6) is -1.00. The summed E-state index contributed by atoms with van der Waals surface area (Å²) in [7, 11) is 0. The van der Waals surface area contributed by atoms with E-state index in [1.807, 2.05) is 6.92 Å². The van der Waals surface area contributed by atoms with Crippen LogP contribution in [0.5, 0.6) is 0 Å². The van der Waals surface area contributed by atoms with Crippen LogP contribution >= 0.6 is 0 Å². The van der Waals surface area contributed by atoms with Gasteiger partial charge in [0, 0.05) is 18.2 Å². The summed E-state index contributed by atoms with van der Waals surface area (Å²) in [4.78, 5) is 21.9. The Balaban J connectivity index is 2.45. The number of aromatic nitrogens is 2. The van der Waals surface area contributed by atoms with Gasteiger partial charge in [0.1, 0.15) is 0 Å². The zero-order valence-electron chi connectivity index (χ0n) is 9.56. The normalized spacial score (nSPS) is 12.1. The Bertz CT molecular complexity index is 402. The summed E-state index contributed by atoms with van der Waals surface area (Å²) in [5, 5.41) is 17.6. The number of anilines is 1.